The molecule has 92 valence electrons. The highest BCUT2D eigenvalue weighted by Gasteiger charge is 2.21. The SMILES string of the molecule is COc1ccc(F)c(NC(=O)C(C)C(=O)O)c1. The lowest BCUT2D eigenvalue weighted by Gasteiger charge is -2.10. The Morgan fingerprint density at radius 3 is 2.65 bits per heavy atom. The van der Waals surface area contributed by atoms with Gasteiger partial charge in [0.05, 0.1) is 12.8 Å². The largest absolute Gasteiger partial charge is 0.497 e. The average molecular weight is 241 g/mol. The van der Waals surface area contributed by atoms with Crippen LogP contribution in [0.15, 0.2) is 18.2 Å². The number of carbonyl (C=O) groups excluding carboxylic acids is 1. The van der Waals surface area contributed by atoms with Crippen LogP contribution >= 0.6 is 0 Å². The van der Waals surface area contributed by atoms with Gasteiger partial charge in [-0.15, -0.1) is 0 Å². The van der Waals surface area contributed by atoms with E-state index in [0.717, 1.165) is 6.07 Å². The van der Waals surface area contributed by atoms with Crippen molar-refractivity contribution < 1.29 is 23.8 Å². The number of aliphatic carboxylic acids is 1. The maximum Gasteiger partial charge on any atom is 0.315 e. The molecule has 0 saturated heterocycles. The second-order valence-corrected chi connectivity index (χ2v) is 3.39. The van der Waals surface area contributed by atoms with Gasteiger partial charge >= 0.3 is 5.97 Å². The molecule has 1 rings (SSSR count). The van der Waals surface area contributed by atoms with Gasteiger partial charge in [-0.2, -0.15) is 0 Å². The van der Waals surface area contributed by atoms with E-state index in [1.165, 1.54) is 26.2 Å². The highest BCUT2D eigenvalue weighted by atomic mass is 19.1. The number of rotatable bonds is 4. The third kappa shape index (κ3) is 3.17. The van der Waals surface area contributed by atoms with Crippen molar-refractivity contribution in [2.24, 2.45) is 5.92 Å². The molecule has 17 heavy (non-hydrogen) atoms. The van der Waals surface area contributed by atoms with Gasteiger partial charge in [-0.25, -0.2) is 4.39 Å². The third-order valence-corrected chi connectivity index (χ3v) is 2.20. The van der Waals surface area contributed by atoms with Crippen molar-refractivity contribution in [1.82, 2.24) is 0 Å². The van der Waals surface area contributed by atoms with Crippen LogP contribution in [-0.2, 0) is 9.59 Å². The van der Waals surface area contributed by atoms with E-state index in [4.69, 9.17) is 9.84 Å². The fourth-order valence-electron chi connectivity index (χ4n) is 1.08. The van der Waals surface area contributed by atoms with Crippen LogP contribution in [0.5, 0.6) is 5.75 Å². The Balaban J connectivity index is 2.87. The number of methoxy groups -OCH3 is 1. The van der Waals surface area contributed by atoms with Gasteiger partial charge in [-0.3, -0.25) is 9.59 Å². The summed E-state index contributed by atoms with van der Waals surface area (Å²) >= 11 is 0. The first-order valence-electron chi connectivity index (χ1n) is 4.83. The number of carbonyl (C=O) groups is 2. The first-order valence-corrected chi connectivity index (χ1v) is 4.83. The minimum Gasteiger partial charge on any atom is -0.497 e. The molecule has 1 amide bonds. The van der Waals surface area contributed by atoms with E-state index in [9.17, 15) is 14.0 Å². The number of hydrogen-bond donors (Lipinski definition) is 2. The fourth-order valence-corrected chi connectivity index (χ4v) is 1.08. The number of anilines is 1. The molecule has 6 heteroatoms. The van der Waals surface area contributed by atoms with Crippen LogP contribution in [0.3, 0.4) is 0 Å². The first-order chi connectivity index (χ1) is 7.95. The third-order valence-electron chi connectivity index (χ3n) is 2.20. The second kappa shape index (κ2) is 5.29. The van der Waals surface area contributed by atoms with Gasteiger partial charge in [0.1, 0.15) is 17.5 Å². The van der Waals surface area contributed by atoms with Crippen LogP contribution in [-0.4, -0.2) is 24.1 Å². The normalized spacial score (nSPS) is 11.7. The molecule has 1 unspecified atom stereocenters. The molecule has 0 heterocycles. The molecule has 0 bridgehead atoms. The van der Waals surface area contributed by atoms with E-state index in [1.54, 1.807) is 0 Å². The van der Waals surface area contributed by atoms with Crippen molar-refractivity contribution in [3.63, 3.8) is 0 Å². The number of carboxylic acid groups (broad SMARTS) is 1. The lowest BCUT2D eigenvalue weighted by atomic mass is 10.1. The molecular weight excluding hydrogens is 229 g/mol. The van der Waals surface area contributed by atoms with Crippen molar-refractivity contribution >= 4 is 17.6 Å². The molecule has 0 aliphatic carbocycles. The Labute approximate surface area is 97.2 Å². The summed E-state index contributed by atoms with van der Waals surface area (Å²) in [6.07, 6.45) is 0. The van der Waals surface area contributed by atoms with Crippen LogP contribution in [0.1, 0.15) is 6.92 Å². The number of hydrogen-bond acceptors (Lipinski definition) is 3. The first kappa shape index (κ1) is 13.0. The molecule has 5 nitrogen and oxygen atoms in total. The molecule has 0 aliphatic rings. The molecule has 1 aromatic carbocycles. The maximum atomic E-state index is 13.3. The van der Waals surface area contributed by atoms with Crippen LogP contribution in [0, 0.1) is 11.7 Å². The molecule has 1 atom stereocenters. The Morgan fingerprint density at radius 2 is 2.12 bits per heavy atom. The number of halogens is 1. The van der Waals surface area contributed by atoms with Gasteiger partial charge in [0, 0.05) is 6.07 Å². The molecule has 0 radical (unpaired) electrons. The van der Waals surface area contributed by atoms with Crippen LogP contribution in [0.4, 0.5) is 10.1 Å². The Kier molecular flexibility index (Phi) is 4.03. The van der Waals surface area contributed by atoms with E-state index in [2.05, 4.69) is 5.32 Å². The van der Waals surface area contributed by atoms with Gasteiger partial charge in [0.25, 0.3) is 0 Å². The summed E-state index contributed by atoms with van der Waals surface area (Å²) in [5.74, 6) is -3.60. The summed E-state index contributed by atoms with van der Waals surface area (Å²) in [4.78, 5) is 22.0. The lowest BCUT2D eigenvalue weighted by Crippen LogP contribution is -2.27. The van der Waals surface area contributed by atoms with Gasteiger partial charge in [-0.05, 0) is 19.1 Å². The van der Waals surface area contributed by atoms with Crippen molar-refractivity contribution in [2.75, 3.05) is 12.4 Å². The smallest absolute Gasteiger partial charge is 0.315 e. The summed E-state index contributed by atoms with van der Waals surface area (Å²) in [5.41, 5.74) is -0.109. The van der Waals surface area contributed by atoms with Gasteiger partial charge in [-0.1, -0.05) is 0 Å². The van der Waals surface area contributed by atoms with Gasteiger partial charge in [0.15, 0.2) is 0 Å². The van der Waals surface area contributed by atoms with Crippen molar-refractivity contribution in [3.05, 3.63) is 24.0 Å². The summed E-state index contributed by atoms with van der Waals surface area (Å²) < 4.78 is 18.2. The fraction of sp³-hybridized carbons (Fsp3) is 0.273. The van der Waals surface area contributed by atoms with Crippen LogP contribution in [0.25, 0.3) is 0 Å². The molecule has 2 N–H and O–H groups in total. The van der Waals surface area contributed by atoms with E-state index < -0.39 is 23.6 Å². The zero-order valence-corrected chi connectivity index (χ0v) is 9.36. The zero-order chi connectivity index (χ0) is 13.0. The monoisotopic (exact) mass is 241 g/mol. The standard InChI is InChI=1S/C11H12FNO4/c1-6(11(15)16)10(14)13-9-5-7(17-2)3-4-8(9)12/h3-6H,1-2H3,(H,13,14)(H,15,16). The van der Waals surface area contributed by atoms with E-state index >= 15 is 0 Å². The quantitative estimate of drug-likeness (QED) is 0.783. The summed E-state index contributed by atoms with van der Waals surface area (Å²) in [6.45, 7) is 1.22. The van der Waals surface area contributed by atoms with Gasteiger partial charge < -0.3 is 15.2 Å². The molecule has 0 aliphatic heterocycles. The number of ether oxygens (including phenoxy) is 1. The topological polar surface area (TPSA) is 75.6 Å². The Hall–Kier alpha value is -2.11. The highest BCUT2D eigenvalue weighted by Crippen LogP contribution is 2.21. The number of carboxylic acids is 1. The maximum absolute atomic E-state index is 13.3. The summed E-state index contributed by atoms with van der Waals surface area (Å²) in [6, 6.07) is 3.80. The number of benzene rings is 1. The number of nitrogens with one attached hydrogen (secondary N) is 1. The summed E-state index contributed by atoms with van der Waals surface area (Å²) in [7, 11) is 1.40. The lowest BCUT2D eigenvalue weighted by molar-refractivity contribution is -0.144. The predicted molar refractivity (Wildman–Crippen MR) is 58.4 cm³/mol. The molecule has 0 fully saturated rings. The summed E-state index contributed by atoms with van der Waals surface area (Å²) in [5, 5.41) is 10.8. The highest BCUT2D eigenvalue weighted by molar-refractivity contribution is 6.03. The zero-order valence-electron chi connectivity index (χ0n) is 9.36. The van der Waals surface area contributed by atoms with E-state index in [-0.39, 0.29) is 5.69 Å². The molecular formula is C11H12FNO4. The minimum absolute atomic E-state index is 0.109. The second-order valence-electron chi connectivity index (χ2n) is 3.39. The van der Waals surface area contributed by atoms with Gasteiger partial charge in [0.2, 0.25) is 5.91 Å². The van der Waals surface area contributed by atoms with E-state index in [1.807, 2.05) is 0 Å². The Morgan fingerprint density at radius 1 is 1.47 bits per heavy atom. The van der Waals surface area contributed by atoms with Crippen molar-refractivity contribution in [2.45, 2.75) is 6.92 Å². The predicted octanol–water partition coefficient (Wildman–Crippen LogP) is 1.49. The van der Waals surface area contributed by atoms with Crippen molar-refractivity contribution in [1.29, 1.82) is 0 Å². The molecule has 0 aromatic heterocycles. The van der Waals surface area contributed by atoms with E-state index in [0.29, 0.717) is 5.75 Å². The van der Waals surface area contributed by atoms with Crippen LogP contribution < -0.4 is 10.1 Å². The molecule has 0 spiro atoms. The molecule has 1 aromatic rings. The van der Waals surface area contributed by atoms with Crippen LogP contribution in [0.2, 0.25) is 0 Å². The molecule has 0 saturated carbocycles. The Bertz CT molecular complexity index is 447. The van der Waals surface area contributed by atoms with Crippen molar-refractivity contribution in [3.8, 4) is 5.75 Å². The average Bonchev–Trinajstić information content (AvgIpc) is 2.30. The minimum atomic E-state index is -1.27. The number of amides is 1.